The van der Waals surface area contributed by atoms with E-state index in [9.17, 15) is 9.18 Å². The van der Waals surface area contributed by atoms with Crippen LogP contribution in [0.2, 0.25) is 0 Å². The molecule has 4 aromatic rings. The number of nitrogens with zero attached hydrogens (tertiary/aromatic N) is 4. The van der Waals surface area contributed by atoms with Crippen LogP contribution in [0.3, 0.4) is 0 Å². The third-order valence-electron chi connectivity index (χ3n) is 6.58. The fraction of sp³-hybridized carbons (Fsp3) is 0.267. The number of amides is 1. The molecule has 0 spiro atoms. The summed E-state index contributed by atoms with van der Waals surface area (Å²) in [5, 5.41) is 6.79. The molecule has 1 amide bonds. The summed E-state index contributed by atoms with van der Waals surface area (Å²) in [4.78, 5) is 27.7. The van der Waals surface area contributed by atoms with Crippen LogP contribution in [0.1, 0.15) is 12.0 Å². The zero-order valence-electron chi connectivity index (χ0n) is 22.3. The maximum Gasteiger partial charge on any atom is 0.247 e. The van der Waals surface area contributed by atoms with Gasteiger partial charge in [-0.25, -0.2) is 14.4 Å². The Bertz CT molecular complexity index is 1520. The lowest BCUT2D eigenvalue weighted by Gasteiger charge is -2.26. The van der Waals surface area contributed by atoms with Gasteiger partial charge in [0.15, 0.2) is 0 Å². The highest BCUT2D eigenvalue weighted by atomic mass is 19.1. The van der Waals surface area contributed by atoms with E-state index < -0.39 is 0 Å². The van der Waals surface area contributed by atoms with Gasteiger partial charge in [-0.15, -0.1) is 0 Å². The van der Waals surface area contributed by atoms with E-state index in [1.54, 1.807) is 36.5 Å². The Morgan fingerprint density at radius 1 is 1.15 bits per heavy atom. The molecule has 3 heterocycles. The van der Waals surface area contributed by atoms with Crippen molar-refractivity contribution in [2.24, 2.45) is 0 Å². The van der Waals surface area contributed by atoms with Crippen molar-refractivity contribution in [2.45, 2.75) is 13.3 Å². The van der Waals surface area contributed by atoms with E-state index in [2.05, 4.69) is 37.1 Å². The lowest BCUT2D eigenvalue weighted by Crippen LogP contribution is -2.37. The van der Waals surface area contributed by atoms with Gasteiger partial charge < -0.3 is 20.1 Å². The van der Waals surface area contributed by atoms with E-state index in [4.69, 9.17) is 9.47 Å². The summed E-state index contributed by atoms with van der Waals surface area (Å²) < 4.78 is 26.1. The van der Waals surface area contributed by atoms with Crippen LogP contribution in [0.25, 0.3) is 22.2 Å². The molecule has 0 saturated carbocycles. The van der Waals surface area contributed by atoms with Gasteiger partial charge in [-0.2, -0.15) is 0 Å². The van der Waals surface area contributed by atoms with Crippen LogP contribution < -0.4 is 15.4 Å². The number of anilines is 3. The molecule has 0 bridgehead atoms. The number of pyridine rings is 1. The zero-order valence-corrected chi connectivity index (χ0v) is 22.3. The zero-order chi connectivity index (χ0) is 27.9. The van der Waals surface area contributed by atoms with Crippen molar-refractivity contribution in [3.05, 3.63) is 79.0 Å². The van der Waals surface area contributed by atoms with Gasteiger partial charge in [-0.1, -0.05) is 12.6 Å². The molecule has 0 unspecified atom stereocenters. The monoisotopic (exact) mass is 542 g/mol. The Balaban J connectivity index is 1.39. The van der Waals surface area contributed by atoms with Gasteiger partial charge in [0.05, 0.1) is 36.7 Å². The van der Waals surface area contributed by atoms with Gasteiger partial charge in [0.2, 0.25) is 5.91 Å². The second-order valence-corrected chi connectivity index (χ2v) is 9.48. The number of ether oxygens (including phenoxy) is 2. The van der Waals surface area contributed by atoms with Crippen molar-refractivity contribution in [3.8, 4) is 17.0 Å². The average molecular weight is 543 g/mol. The summed E-state index contributed by atoms with van der Waals surface area (Å²) in [5.74, 6) is 0.329. The highest BCUT2D eigenvalue weighted by molar-refractivity contribution is 6.03. The van der Waals surface area contributed by atoms with E-state index >= 15 is 0 Å². The van der Waals surface area contributed by atoms with E-state index in [-0.39, 0.29) is 11.7 Å². The van der Waals surface area contributed by atoms with Gasteiger partial charge in [0.1, 0.15) is 23.7 Å². The van der Waals surface area contributed by atoms with E-state index in [1.807, 2.05) is 13.0 Å². The predicted octanol–water partition coefficient (Wildman–Crippen LogP) is 5.11. The number of rotatable bonds is 10. The van der Waals surface area contributed by atoms with Crippen LogP contribution in [0.5, 0.6) is 5.75 Å². The molecule has 9 nitrogen and oxygen atoms in total. The minimum Gasteiger partial charge on any atom is -0.491 e. The number of halogens is 1. The molecule has 0 aliphatic carbocycles. The first-order valence-corrected chi connectivity index (χ1v) is 13.1. The second-order valence-electron chi connectivity index (χ2n) is 9.48. The first-order valence-electron chi connectivity index (χ1n) is 13.1. The number of carbonyl (C=O) groups is 1. The number of fused-ring (bicyclic) bond motifs is 1. The van der Waals surface area contributed by atoms with Crippen LogP contribution >= 0.6 is 0 Å². The van der Waals surface area contributed by atoms with Crippen molar-refractivity contribution < 1.29 is 18.7 Å². The molecule has 10 heteroatoms. The van der Waals surface area contributed by atoms with Crippen molar-refractivity contribution in [1.29, 1.82) is 0 Å². The Kier molecular flexibility index (Phi) is 8.58. The number of morpholine rings is 1. The largest absolute Gasteiger partial charge is 0.491 e. The fourth-order valence-corrected chi connectivity index (χ4v) is 4.50. The second kappa shape index (κ2) is 12.6. The normalized spacial score (nSPS) is 13.7. The summed E-state index contributed by atoms with van der Waals surface area (Å²) in [6, 6.07) is 12.1. The van der Waals surface area contributed by atoms with Crippen molar-refractivity contribution in [2.75, 3.05) is 50.1 Å². The SMILES string of the molecule is C=CC(=O)Nc1cc2c(Nc3ccnc(-c4ccc(C)cc4F)c3)ncnc2cc1OCCCN1CCOCC1. The molecule has 2 aromatic carbocycles. The minimum atomic E-state index is -0.359. The maximum atomic E-state index is 14.6. The van der Waals surface area contributed by atoms with E-state index in [0.717, 1.165) is 44.8 Å². The van der Waals surface area contributed by atoms with Crippen molar-refractivity contribution in [3.63, 3.8) is 0 Å². The first-order chi connectivity index (χ1) is 19.5. The molecule has 0 atom stereocenters. The molecule has 1 aliphatic rings. The summed E-state index contributed by atoms with van der Waals surface area (Å²) >= 11 is 0. The van der Waals surface area contributed by atoms with Crippen LogP contribution in [0.15, 0.2) is 67.6 Å². The van der Waals surface area contributed by atoms with E-state index in [1.165, 1.54) is 18.5 Å². The van der Waals surface area contributed by atoms with Crippen molar-refractivity contribution in [1.82, 2.24) is 19.9 Å². The van der Waals surface area contributed by atoms with Crippen LogP contribution in [-0.4, -0.2) is 65.2 Å². The molecule has 2 aromatic heterocycles. The highest BCUT2D eigenvalue weighted by Crippen LogP contribution is 2.34. The summed E-state index contributed by atoms with van der Waals surface area (Å²) in [5.41, 5.74) is 3.53. The quantitative estimate of drug-likeness (QED) is 0.211. The topological polar surface area (TPSA) is 102 Å². The fourth-order valence-electron chi connectivity index (χ4n) is 4.50. The molecule has 1 aliphatic heterocycles. The molecule has 5 rings (SSSR count). The third kappa shape index (κ3) is 6.59. The minimum absolute atomic E-state index is 0.336. The molecular weight excluding hydrogens is 511 g/mol. The number of carbonyl (C=O) groups excluding carboxylic acids is 1. The first kappa shape index (κ1) is 27.2. The van der Waals surface area contributed by atoms with Crippen LogP contribution in [0, 0.1) is 12.7 Å². The number of hydrogen-bond acceptors (Lipinski definition) is 8. The Hall–Kier alpha value is -4.41. The Morgan fingerprint density at radius 3 is 2.80 bits per heavy atom. The maximum absolute atomic E-state index is 14.6. The standard InChI is InChI=1S/C30H31FN6O3/c1-3-29(38)36-27-17-23-26(18-28(27)40-12-4-9-37-10-13-39-14-11-37)33-19-34-30(23)35-21-7-8-32-25(16-21)22-6-5-20(2)15-24(22)31/h3,5-8,15-19H,1,4,9-14H2,2H3,(H,36,38)(H,32,33,34,35). The number of hydrogen-bond donors (Lipinski definition) is 2. The van der Waals surface area contributed by atoms with Gasteiger partial charge in [-0.3, -0.25) is 14.7 Å². The number of benzene rings is 2. The summed E-state index contributed by atoms with van der Waals surface area (Å²) in [6.45, 7) is 10.1. The number of nitrogens with one attached hydrogen (secondary N) is 2. The van der Waals surface area contributed by atoms with Gasteiger partial charge in [0.25, 0.3) is 0 Å². The average Bonchev–Trinajstić information content (AvgIpc) is 2.96. The van der Waals surface area contributed by atoms with Gasteiger partial charge >= 0.3 is 0 Å². The lowest BCUT2D eigenvalue weighted by atomic mass is 10.1. The molecule has 2 N–H and O–H groups in total. The summed E-state index contributed by atoms with van der Waals surface area (Å²) in [7, 11) is 0. The number of aromatic nitrogens is 3. The third-order valence-corrected chi connectivity index (χ3v) is 6.58. The molecule has 1 saturated heterocycles. The van der Waals surface area contributed by atoms with Gasteiger partial charge in [0, 0.05) is 48.5 Å². The summed E-state index contributed by atoms with van der Waals surface area (Å²) in [6.07, 6.45) is 5.10. The Labute approximate surface area is 232 Å². The van der Waals surface area contributed by atoms with Crippen LogP contribution in [-0.2, 0) is 9.53 Å². The molecular formula is C30H31FN6O3. The lowest BCUT2D eigenvalue weighted by molar-refractivity contribution is -0.111. The Morgan fingerprint density at radius 2 is 2.00 bits per heavy atom. The molecule has 1 fully saturated rings. The molecule has 40 heavy (non-hydrogen) atoms. The molecule has 206 valence electrons. The van der Waals surface area contributed by atoms with Crippen LogP contribution in [0.4, 0.5) is 21.6 Å². The smallest absolute Gasteiger partial charge is 0.247 e. The molecule has 0 radical (unpaired) electrons. The van der Waals surface area contributed by atoms with Gasteiger partial charge in [-0.05, 0) is 55.3 Å². The predicted molar refractivity (Wildman–Crippen MR) is 153 cm³/mol. The number of aryl methyl sites for hydroxylation is 1. The van der Waals surface area contributed by atoms with E-state index in [0.29, 0.717) is 51.7 Å². The van der Waals surface area contributed by atoms with Crippen molar-refractivity contribution >= 4 is 34.0 Å². The highest BCUT2D eigenvalue weighted by Gasteiger charge is 2.15.